The van der Waals surface area contributed by atoms with Gasteiger partial charge in [-0.25, -0.2) is 4.79 Å². The van der Waals surface area contributed by atoms with Crippen LogP contribution in [0.15, 0.2) is 21.3 Å². The van der Waals surface area contributed by atoms with Crippen molar-refractivity contribution in [2.45, 2.75) is 70.3 Å². The van der Waals surface area contributed by atoms with E-state index in [2.05, 4.69) is 13.0 Å². The summed E-state index contributed by atoms with van der Waals surface area (Å²) in [5, 5.41) is 1.14. The molecule has 2 unspecified atom stereocenters. The van der Waals surface area contributed by atoms with Crippen molar-refractivity contribution in [2.24, 2.45) is 5.92 Å². The van der Waals surface area contributed by atoms with Crippen LogP contribution in [0.3, 0.4) is 0 Å². The summed E-state index contributed by atoms with van der Waals surface area (Å²) in [6.45, 7) is 2.34. The Balaban J connectivity index is 1.61. The summed E-state index contributed by atoms with van der Waals surface area (Å²) in [6, 6.07) is 4.22. The summed E-state index contributed by atoms with van der Waals surface area (Å²) in [6.07, 6.45) is 10.0. The Hall–Kier alpha value is -1.77. The highest BCUT2D eigenvalue weighted by Crippen LogP contribution is 2.45. The van der Waals surface area contributed by atoms with Crippen LogP contribution in [0, 0.1) is 5.92 Å². The molecule has 0 amide bonds. The van der Waals surface area contributed by atoms with Crippen LogP contribution >= 0.6 is 0 Å². The van der Waals surface area contributed by atoms with Crippen LogP contribution in [0.5, 0.6) is 5.75 Å². The van der Waals surface area contributed by atoms with E-state index in [9.17, 15) is 4.79 Å². The lowest BCUT2D eigenvalue weighted by Crippen LogP contribution is -2.43. The average Bonchev–Trinajstić information content (AvgIpc) is 3.04. The summed E-state index contributed by atoms with van der Waals surface area (Å²) in [5.41, 5.74) is 3.98. The van der Waals surface area contributed by atoms with E-state index in [0.29, 0.717) is 5.58 Å². The molecule has 2 atom stereocenters. The van der Waals surface area contributed by atoms with E-state index >= 15 is 0 Å². The maximum Gasteiger partial charge on any atom is 0.339 e. The molecule has 0 radical (unpaired) electrons. The first-order valence-corrected chi connectivity index (χ1v) is 9.44. The van der Waals surface area contributed by atoms with Gasteiger partial charge in [0.1, 0.15) is 16.9 Å². The van der Waals surface area contributed by atoms with Gasteiger partial charge in [0, 0.05) is 17.0 Å². The highest BCUT2D eigenvalue weighted by atomic mass is 16.5. The zero-order chi connectivity index (χ0) is 16.3. The number of fused-ring (bicyclic) bond motifs is 4. The Morgan fingerprint density at radius 1 is 1.08 bits per heavy atom. The smallest absolute Gasteiger partial charge is 0.339 e. The topological polar surface area (TPSA) is 39.4 Å². The Kier molecular flexibility index (Phi) is 3.10. The normalized spacial score (nSPS) is 28.6. The monoisotopic (exact) mass is 324 g/mol. The van der Waals surface area contributed by atoms with Crippen molar-refractivity contribution in [3.05, 3.63) is 39.2 Å². The molecule has 5 rings (SSSR count). The van der Waals surface area contributed by atoms with Crippen molar-refractivity contribution in [3.63, 3.8) is 0 Å². The van der Waals surface area contributed by atoms with Crippen LogP contribution in [0.4, 0.5) is 0 Å². The molecule has 2 heterocycles. The lowest BCUT2D eigenvalue weighted by molar-refractivity contribution is -0.00579. The van der Waals surface area contributed by atoms with E-state index in [1.54, 1.807) is 0 Å². The molecule has 2 aromatic rings. The molecule has 1 saturated carbocycles. The standard InChI is InChI=1S/C21H24O3/c1-13-4-3-8-21(12-13)9-7-14-10-17-15-5-2-6-16(15)20(22)23-19(17)11-18(14)24-21/h10-11,13H,2-9,12H2,1H3. The number of aryl methyl sites for hydroxylation is 2. The predicted molar refractivity (Wildman–Crippen MR) is 93.8 cm³/mol. The van der Waals surface area contributed by atoms with Gasteiger partial charge in [0.2, 0.25) is 0 Å². The van der Waals surface area contributed by atoms with Crippen LogP contribution in [0.25, 0.3) is 11.0 Å². The average molecular weight is 324 g/mol. The zero-order valence-electron chi connectivity index (χ0n) is 14.3. The molecule has 3 nitrogen and oxygen atoms in total. The van der Waals surface area contributed by atoms with Gasteiger partial charge in [0.05, 0.1) is 0 Å². The van der Waals surface area contributed by atoms with Gasteiger partial charge in [-0.1, -0.05) is 13.3 Å². The third-order valence-corrected chi connectivity index (χ3v) is 6.38. The Labute approximate surface area is 142 Å². The fourth-order valence-electron chi connectivity index (χ4n) is 5.22. The van der Waals surface area contributed by atoms with Gasteiger partial charge in [-0.2, -0.15) is 0 Å². The van der Waals surface area contributed by atoms with Gasteiger partial charge in [-0.3, -0.25) is 0 Å². The maximum absolute atomic E-state index is 12.2. The predicted octanol–water partition coefficient (Wildman–Crippen LogP) is 4.56. The molecule has 1 spiro atoms. The number of hydrogen-bond donors (Lipinski definition) is 0. The van der Waals surface area contributed by atoms with Crippen molar-refractivity contribution in [1.82, 2.24) is 0 Å². The first-order valence-electron chi connectivity index (χ1n) is 9.44. The molecule has 24 heavy (non-hydrogen) atoms. The second-order valence-corrected chi connectivity index (χ2v) is 8.14. The van der Waals surface area contributed by atoms with E-state index in [1.807, 2.05) is 6.07 Å². The second kappa shape index (κ2) is 5.11. The molecule has 126 valence electrons. The zero-order valence-corrected chi connectivity index (χ0v) is 14.3. The van der Waals surface area contributed by atoms with Crippen molar-refractivity contribution < 1.29 is 9.15 Å². The van der Waals surface area contributed by atoms with Crippen LogP contribution in [0.1, 0.15) is 62.1 Å². The minimum atomic E-state index is -0.147. The summed E-state index contributed by atoms with van der Waals surface area (Å²) in [7, 11) is 0. The number of ether oxygens (including phenoxy) is 1. The van der Waals surface area contributed by atoms with E-state index in [1.165, 1.54) is 24.0 Å². The molecular formula is C21H24O3. The first-order chi connectivity index (χ1) is 11.6. The van der Waals surface area contributed by atoms with Crippen LogP contribution < -0.4 is 10.4 Å². The van der Waals surface area contributed by atoms with Crippen LogP contribution in [0.2, 0.25) is 0 Å². The third-order valence-electron chi connectivity index (χ3n) is 6.38. The second-order valence-electron chi connectivity index (χ2n) is 8.14. The van der Waals surface area contributed by atoms with E-state index in [0.717, 1.165) is 67.6 Å². The maximum atomic E-state index is 12.2. The Bertz CT molecular complexity index is 879. The Morgan fingerprint density at radius 2 is 1.96 bits per heavy atom. The van der Waals surface area contributed by atoms with E-state index in [4.69, 9.17) is 9.15 Å². The molecule has 1 aromatic carbocycles. The van der Waals surface area contributed by atoms with Crippen molar-refractivity contribution in [3.8, 4) is 5.75 Å². The summed E-state index contributed by atoms with van der Waals surface area (Å²) >= 11 is 0. The van der Waals surface area contributed by atoms with Crippen LogP contribution in [-0.4, -0.2) is 5.60 Å². The molecule has 1 aliphatic heterocycles. The number of benzene rings is 1. The third kappa shape index (κ3) is 2.13. The largest absolute Gasteiger partial charge is 0.487 e. The minimum absolute atomic E-state index is 0.00929. The summed E-state index contributed by atoms with van der Waals surface area (Å²) in [5.74, 6) is 1.69. The highest BCUT2D eigenvalue weighted by Gasteiger charge is 2.40. The minimum Gasteiger partial charge on any atom is -0.487 e. The van der Waals surface area contributed by atoms with Gasteiger partial charge in [0.15, 0.2) is 0 Å². The first kappa shape index (κ1) is 14.6. The van der Waals surface area contributed by atoms with E-state index < -0.39 is 0 Å². The summed E-state index contributed by atoms with van der Waals surface area (Å²) in [4.78, 5) is 12.2. The molecular weight excluding hydrogens is 300 g/mol. The van der Waals surface area contributed by atoms with Gasteiger partial charge in [0.25, 0.3) is 0 Å². The fourth-order valence-corrected chi connectivity index (χ4v) is 5.22. The van der Waals surface area contributed by atoms with Gasteiger partial charge in [-0.15, -0.1) is 0 Å². The molecule has 2 aliphatic carbocycles. The molecule has 0 bridgehead atoms. The van der Waals surface area contributed by atoms with Gasteiger partial charge < -0.3 is 9.15 Å². The SMILES string of the molecule is CC1CCCC2(CCc3cc4c5c(c(=O)oc4cc3O2)CCC5)C1. The quantitative estimate of drug-likeness (QED) is 0.667. The molecule has 1 fully saturated rings. The lowest BCUT2D eigenvalue weighted by Gasteiger charge is -2.43. The fraction of sp³-hybridized carbons (Fsp3) is 0.571. The van der Waals surface area contributed by atoms with Crippen molar-refractivity contribution >= 4 is 11.0 Å². The molecule has 1 aromatic heterocycles. The lowest BCUT2D eigenvalue weighted by atomic mass is 9.74. The Morgan fingerprint density at radius 3 is 2.83 bits per heavy atom. The molecule has 3 aliphatic rings. The highest BCUT2D eigenvalue weighted by molar-refractivity contribution is 5.84. The molecule has 0 N–H and O–H groups in total. The number of rotatable bonds is 0. The van der Waals surface area contributed by atoms with Gasteiger partial charge in [-0.05, 0) is 74.5 Å². The summed E-state index contributed by atoms with van der Waals surface area (Å²) < 4.78 is 12.2. The van der Waals surface area contributed by atoms with Crippen molar-refractivity contribution in [2.75, 3.05) is 0 Å². The van der Waals surface area contributed by atoms with Crippen LogP contribution in [-0.2, 0) is 19.3 Å². The number of hydrogen-bond acceptors (Lipinski definition) is 3. The van der Waals surface area contributed by atoms with Gasteiger partial charge >= 0.3 is 5.63 Å². The molecule has 3 heteroatoms. The molecule has 0 saturated heterocycles. The van der Waals surface area contributed by atoms with E-state index in [-0.39, 0.29) is 11.2 Å². The van der Waals surface area contributed by atoms with Crippen molar-refractivity contribution in [1.29, 1.82) is 0 Å².